The molecule has 16 heteroatoms. The van der Waals surface area contributed by atoms with Crippen LogP contribution in [0.25, 0.3) is 0 Å². The number of hydrogen-bond donors (Lipinski definition) is 2. The van der Waals surface area contributed by atoms with E-state index in [4.69, 9.17) is 47.7 Å². The fourth-order valence-electron chi connectivity index (χ4n) is 2.82. The van der Waals surface area contributed by atoms with E-state index in [-0.39, 0.29) is 12.7 Å². The van der Waals surface area contributed by atoms with Crippen molar-refractivity contribution < 1.29 is 66.9 Å². The van der Waals surface area contributed by atoms with E-state index in [1.54, 1.807) is 7.05 Å². The Morgan fingerprint density at radius 1 is 0.568 bits per heavy atom. The lowest BCUT2D eigenvalue weighted by Gasteiger charge is -2.24. The van der Waals surface area contributed by atoms with Gasteiger partial charge in [-0.3, -0.25) is 4.79 Å². The number of rotatable bonds is 31. The Morgan fingerprint density at radius 3 is 1.30 bits per heavy atom. The Bertz CT molecular complexity index is 708. The van der Waals surface area contributed by atoms with Crippen LogP contribution in [-0.4, -0.2) is 173 Å². The maximum atomic E-state index is 11.8. The van der Waals surface area contributed by atoms with Gasteiger partial charge in [-0.25, -0.2) is 9.59 Å². The van der Waals surface area contributed by atoms with Crippen molar-refractivity contribution in [1.82, 2.24) is 10.2 Å². The summed E-state index contributed by atoms with van der Waals surface area (Å²) in [5.41, 5.74) is -0.518. The van der Waals surface area contributed by atoms with Crippen LogP contribution in [0.3, 0.4) is 0 Å². The summed E-state index contributed by atoms with van der Waals surface area (Å²) in [6.07, 6.45) is -0.374. The van der Waals surface area contributed by atoms with E-state index in [9.17, 15) is 14.4 Å². The van der Waals surface area contributed by atoms with Crippen molar-refractivity contribution in [1.29, 1.82) is 0 Å². The van der Waals surface area contributed by atoms with Crippen LogP contribution >= 0.6 is 0 Å². The lowest BCUT2D eigenvalue weighted by Crippen LogP contribution is -2.36. The fraction of sp³-hybridized carbons (Fsp3) is 0.893. The van der Waals surface area contributed by atoms with Crippen molar-refractivity contribution in [2.45, 2.75) is 26.4 Å². The summed E-state index contributed by atoms with van der Waals surface area (Å²) in [5, 5.41) is 11.0. The minimum atomic E-state index is -1.13. The normalized spacial score (nSPS) is 11.5. The fourth-order valence-corrected chi connectivity index (χ4v) is 2.82. The number of aliphatic carboxylic acids is 1. The SMILES string of the molecule is CN(CCOCCOCCOCCOCCOCCOCCOCCOCCNC(=O)COCC(=O)O)C(=O)OC(C)(C)C. The van der Waals surface area contributed by atoms with Gasteiger partial charge in [0.25, 0.3) is 0 Å². The molecule has 16 nitrogen and oxygen atoms in total. The molecule has 0 fully saturated rings. The molecule has 0 atom stereocenters. The van der Waals surface area contributed by atoms with Crippen molar-refractivity contribution in [3.63, 3.8) is 0 Å². The Balaban J connectivity index is 3.20. The summed E-state index contributed by atoms with van der Waals surface area (Å²) < 4.78 is 53.3. The average Bonchev–Trinajstić information content (AvgIpc) is 2.95. The van der Waals surface area contributed by atoms with Gasteiger partial charge < -0.3 is 62.7 Å². The highest BCUT2D eigenvalue weighted by Gasteiger charge is 2.19. The summed E-state index contributed by atoms with van der Waals surface area (Å²) in [7, 11) is 1.67. The van der Waals surface area contributed by atoms with Crippen LogP contribution in [-0.2, 0) is 57.0 Å². The molecule has 0 spiro atoms. The van der Waals surface area contributed by atoms with Gasteiger partial charge in [-0.05, 0) is 20.8 Å². The van der Waals surface area contributed by atoms with E-state index in [1.807, 2.05) is 20.8 Å². The molecule has 0 saturated carbocycles. The Labute approximate surface area is 260 Å². The van der Waals surface area contributed by atoms with Gasteiger partial charge in [0.1, 0.15) is 18.8 Å². The highest BCUT2D eigenvalue weighted by molar-refractivity contribution is 5.77. The average molecular weight is 643 g/mol. The number of carbonyl (C=O) groups excluding carboxylic acids is 2. The predicted molar refractivity (Wildman–Crippen MR) is 157 cm³/mol. The van der Waals surface area contributed by atoms with E-state index in [0.717, 1.165) is 0 Å². The third-order valence-corrected chi connectivity index (χ3v) is 4.91. The number of hydrogen-bond acceptors (Lipinski definition) is 13. The van der Waals surface area contributed by atoms with Crippen molar-refractivity contribution in [2.24, 2.45) is 0 Å². The second kappa shape index (κ2) is 29.6. The van der Waals surface area contributed by atoms with Gasteiger partial charge in [0.05, 0.1) is 106 Å². The summed E-state index contributed by atoms with van der Waals surface area (Å²) >= 11 is 0. The quantitative estimate of drug-likeness (QED) is 0.0980. The van der Waals surface area contributed by atoms with Gasteiger partial charge in [-0.2, -0.15) is 0 Å². The van der Waals surface area contributed by atoms with Gasteiger partial charge in [0.2, 0.25) is 5.91 Å². The number of ether oxygens (including phenoxy) is 10. The van der Waals surface area contributed by atoms with E-state index in [2.05, 4.69) is 10.1 Å². The molecule has 0 aromatic heterocycles. The number of amides is 2. The molecular weight excluding hydrogens is 588 g/mol. The van der Waals surface area contributed by atoms with Crippen LogP contribution in [0.2, 0.25) is 0 Å². The highest BCUT2D eigenvalue weighted by Crippen LogP contribution is 2.08. The summed E-state index contributed by atoms with van der Waals surface area (Å²) in [6, 6.07) is 0. The number of carboxylic acid groups (broad SMARTS) is 1. The van der Waals surface area contributed by atoms with Crippen LogP contribution in [0, 0.1) is 0 Å². The van der Waals surface area contributed by atoms with E-state index in [1.165, 1.54) is 4.90 Å². The Morgan fingerprint density at radius 2 is 0.932 bits per heavy atom. The summed E-state index contributed by atoms with van der Waals surface area (Å²) in [5.74, 6) is -1.53. The topological polar surface area (TPSA) is 179 Å². The maximum absolute atomic E-state index is 11.8. The van der Waals surface area contributed by atoms with E-state index >= 15 is 0 Å². The smallest absolute Gasteiger partial charge is 0.410 e. The van der Waals surface area contributed by atoms with Crippen LogP contribution in [0.5, 0.6) is 0 Å². The largest absolute Gasteiger partial charge is 0.480 e. The third kappa shape index (κ3) is 32.8. The second-order valence-electron chi connectivity index (χ2n) is 10.0. The molecule has 0 radical (unpaired) electrons. The van der Waals surface area contributed by atoms with Crippen LogP contribution in [0.4, 0.5) is 4.79 Å². The van der Waals surface area contributed by atoms with Gasteiger partial charge in [-0.15, -0.1) is 0 Å². The van der Waals surface area contributed by atoms with Crippen LogP contribution < -0.4 is 5.32 Å². The van der Waals surface area contributed by atoms with Crippen LogP contribution in [0.1, 0.15) is 20.8 Å². The molecule has 2 N–H and O–H groups in total. The number of carboxylic acids is 1. The summed E-state index contributed by atoms with van der Waals surface area (Å²) in [4.78, 5) is 34.9. The number of nitrogens with zero attached hydrogens (tertiary/aromatic N) is 1. The Kier molecular flexibility index (Phi) is 28.1. The molecule has 0 bridgehead atoms. The van der Waals surface area contributed by atoms with Gasteiger partial charge >= 0.3 is 12.1 Å². The predicted octanol–water partition coefficient (Wildman–Crippen LogP) is 0.204. The monoisotopic (exact) mass is 642 g/mol. The number of carbonyl (C=O) groups is 3. The minimum Gasteiger partial charge on any atom is -0.480 e. The zero-order valence-electron chi connectivity index (χ0n) is 26.8. The van der Waals surface area contributed by atoms with Crippen molar-refractivity contribution in [3.05, 3.63) is 0 Å². The first-order valence-corrected chi connectivity index (χ1v) is 14.7. The maximum Gasteiger partial charge on any atom is 0.410 e. The first-order chi connectivity index (χ1) is 21.1. The summed E-state index contributed by atoms with van der Waals surface area (Å²) in [6.45, 7) is 12.3. The molecule has 0 unspecified atom stereocenters. The van der Waals surface area contributed by atoms with Gasteiger partial charge in [0.15, 0.2) is 0 Å². The molecule has 0 rings (SSSR count). The van der Waals surface area contributed by atoms with Gasteiger partial charge in [0, 0.05) is 20.1 Å². The van der Waals surface area contributed by atoms with E-state index in [0.29, 0.717) is 119 Å². The molecule has 0 aliphatic carbocycles. The number of likely N-dealkylation sites (N-methyl/N-ethyl adjacent to an activating group) is 1. The first-order valence-electron chi connectivity index (χ1n) is 14.7. The molecule has 44 heavy (non-hydrogen) atoms. The number of nitrogens with one attached hydrogen (secondary N) is 1. The van der Waals surface area contributed by atoms with Gasteiger partial charge in [-0.1, -0.05) is 0 Å². The molecule has 260 valence electrons. The molecule has 0 aromatic carbocycles. The molecule has 0 aliphatic rings. The molecule has 0 aliphatic heterocycles. The zero-order valence-corrected chi connectivity index (χ0v) is 26.8. The van der Waals surface area contributed by atoms with Crippen LogP contribution in [0.15, 0.2) is 0 Å². The zero-order chi connectivity index (χ0) is 32.7. The van der Waals surface area contributed by atoms with E-state index < -0.39 is 24.1 Å². The lowest BCUT2D eigenvalue weighted by molar-refractivity contribution is -0.143. The van der Waals surface area contributed by atoms with Crippen molar-refractivity contribution in [2.75, 3.05) is 139 Å². The van der Waals surface area contributed by atoms with Crippen molar-refractivity contribution >= 4 is 18.0 Å². The lowest BCUT2D eigenvalue weighted by atomic mass is 10.2. The first kappa shape index (κ1) is 41.9. The molecule has 0 heterocycles. The second-order valence-corrected chi connectivity index (χ2v) is 10.0. The highest BCUT2D eigenvalue weighted by atomic mass is 16.6. The minimum absolute atomic E-state index is 0.297. The standard InChI is InChI=1S/C28H54N2O14/c1-28(2,3)44-27(34)30(4)6-8-36-10-12-38-14-16-40-18-20-42-22-21-41-19-17-39-15-13-37-11-9-35-7-5-29-25(31)23-43-24-26(32)33/h5-24H2,1-4H3,(H,29,31)(H,32,33). The third-order valence-electron chi connectivity index (χ3n) is 4.91. The molecule has 0 aromatic rings. The molecule has 2 amide bonds. The molecular formula is C28H54N2O14. The molecule has 0 saturated heterocycles. The van der Waals surface area contributed by atoms with Crippen molar-refractivity contribution in [3.8, 4) is 0 Å². The Hall–Kier alpha value is -2.15.